The second-order valence-corrected chi connectivity index (χ2v) is 8.80. The monoisotopic (exact) mass is 493 g/mol. The summed E-state index contributed by atoms with van der Waals surface area (Å²) < 4.78 is 55.8. The smallest absolute Gasteiger partial charge is 0.368 e. The van der Waals surface area contributed by atoms with E-state index in [9.17, 15) is 27.6 Å². The third kappa shape index (κ3) is 5.80. The van der Waals surface area contributed by atoms with Gasteiger partial charge in [-0.3, -0.25) is 19.3 Å². The van der Waals surface area contributed by atoms with Crippen molar-refractivity contribution < 1.29 is 31.9 Å². The molecular weight excluding hydrogens is 466 g/mol. The molecule has 0 spiro atoms. The fourth-order valence-electron chi connectivity index (χ4n) is 4.18. The van der Waals surface area contributed by atoms with Crippen molar-refractivity contribution in [2.45, 2.75) is 57.7 Å². The maximum Gasteiger partial charge on any atom is 0.471 e. The first-order valence-electron chi connectivity index (χ1n) is 11.2. The van der Waals surface area contributed by atoms with Gasteiger partial charge in [-0.1, -0.05) is 62.4 Å². The van der Waals surface area contributed by atoms with Crippen molar-refractivity contribution in [3.05, 3.63) is 59.7 Å². The Morgan fingerprint density at radius 3 is 2.34 bits per heavy atom. The highest BCUT2D eigenvalue weighted by Gasteiger charge is 2.48. The average Bonchev–Trinajstić information content (AvgIpc) is 3.31. The Morgan fingerprint density at radius 2 is 1.77 bits per heavy atom. The molecule has 0 bridgehead atoms. The number of nitrogens with two attached hydrogens (primary N) is 1. The van der Waals surface area contributed by atoms with E-state index in [0.717, 1.165) is 10.5 Å². The van der Waals surface area contributed by atoms with Gasteiger partial charge < -0.3 is 10.6 Å². The molecule has 3 amide bonds. The van der Waals surface area contributed by atoms with Crippen molar-refractivity contribution >= 4 is 17.7 Å². The summed E-state index contributed by atoms with van der Waals surface area (Å²) in [7, 11) is 0. The zero-order valence-corrected chi connectivity index (χ0v) is 19.4. The second-order valence-electron chi connectivity index (χ2n) is 8.80. The Hall–Kier alpha value is -3.43. The fourth-order valence-corrected chi connectivity index (χ4v) is 4.18. The minimum Gasteiger partial charge on any atom is -0.368 e. The summed E-state index contributed by atoms with van der Waals surface area (Å²) >= 11 is 0. The van der Waals surface area contributed by atoms with Crippen LogP contribution in [0.3, 0.4) is 0 Å². The summed E-state index contributed by atoms with van der Waals surface area (Å²) in [6.45, 7) is 3.05. The maximum atomic E-state index is 15.4. The lowest BCUT2D eigenvalue weighted by atomic mass is 9.93. The van der Waals surface area contributed by atoms with Crippen molar-refractivity contribution in [2.75, 3.05) is 6.54 Å². The molecule has 1 aliphatic rings. The van der Waals surface area contributed by atoms with Crippen LogP contribution in [0.25, 0.3) is 11.1 Å². The highest BCUT2D eigenvalue weighted by molar-refractivity contribution is 5.92. The summed E-state index contributed by atoms with van der Waals surface area (Å²) in [5.41, 5.74) is 7.59. The number of carbonyl (C=O) groups excluding carboxylic acids is 3. The molecule has 1 aliphatic heterocycles. The predicted molar refractivity (Wildman–Crippen MR) is 121 cm³/mol. The molecule has 2 aromatic rings. The van der Waals surface area contributed by atoms with E-state index in [-0.39, 0.29) is 29.3 Å². The van der Waals surface area contributed by atoms with Gasteiger partial charge in [-0.15, -0.1) is 0 Å². The molecule has 10 heteroatoms. The largest absolute Gasteiger partial charge is 0.471 e. The van der Waals surface area contributed by atoms with Gasteiger partial charge in [0.05, 0.1) is 0 Å². The maximum absolute atomic E-state index is 15.4. The van der Waals surface area contributed by atoms with Crippen LogP contribution in [0.15, 0.2) is 48.5 Å². The molecule has 2 N–H and O–H groups in total. The Bertz CT molecular complexity index is 1090. The predicted octanol–water partition coefficient (Wildman–Crippen LogP) is 4.14. The zero-order chi connectivity index (χ0) is 25.9. The zero-order valence-electron chi connectivity index (χ0n) is 19.4. The van der Waals surface area contributed by atoms with Gasteiger partial charge in [0, 0.05) is 13.1 Å². The molecular formula is C25H27F4N3O3. The molecule has 0 saturated carbocycles. The molecule has 188 valence electrons. The lowest BCUT2D eigenvalue weighted by molar-refractivity contribution is -0.194. The van der Waals surface area contributed by atoms with Crippen LogP contribution in [0.4, 0.5) is 17.6 Å². The van der Waals surface area contributed by atoms with Crippen LogP contribution in [0, 0.1) is 0 Å². The van der Waals surface area contributed by atoms with Gasteiger partial charge in [0.25, 0.3) is 12.2 Å². The van der Waals surface area contributed by atoms with Crippen LogP contribution in [0.2, 0.25) is 0 Å². The van der Waals surface area contributed by atoms with E-state index < -0.39 is 42.8 Å². The summed E-state index contributed by atoms with van der Waals surface area (Å²) in [5.74, 6) is -4.66. The number of halogens is 4. The van der Waals surface area contributed by atoms with E-state index in [2.05, 4.69) is 0 Å². The van der Waals surface area contributed by atoms with E-state index in [1.165, 1.54) is 6.07 Å². The number of nitrogens with zero attached hydrogens (tertiary/aromatic N) is 2. The Labute approximate surface area is 200 Å². The molecule has 2 unspecified atom stereocenters. The number of likely N-dealkylation sites (tertiary alicyclic amines) is 1. The standard InChI is InChI=1S/C25H27F4N3O3/c1-15(2)17-10-11-18(19(13-17)16-7-4-3-5-8-16)14-32(24(35)25(27,28)29)21(26)23(34)31-12-6-9-20(31)22(30)33/h3-5,7-8,10-11,13,15,20-21H,6,9,12,14H2,1-2H3,(H2,30,33). The number of benzene rings is 2. The molecule has 3 rings (SSSR count). The highest BCUT2D eigenvalue weighted by Crippen LogP contribution is 2.31. The molecule has 2 aromatic carbocycles. The SMILES string of the molecule is CC(C)c1ccc(CN(C(=O)C(F)(F)F)C(F)C(=O)N2CCCC2C(N)=O)c(-c2ccccc2)c1. The van der Waals surface area contributed by atoms with E-state index in [1.807, 2.05) is 13.8 Å². The lowest BCUT2D eigenvalue weighted by Crippen LogP contribution is -2.54. The minimum atomic E-state index is -5.41. The third-order valence-electron chi connectivity index (χ3n) is 6.07. The van der Waals surface area contributed by atoms with Crippen LogP contribution in [-0.2, 0) is 20.9 Å². The van der Waals surface area contributed by atoms with Crippen molar-refractivity contribution in [1.29, 1.82) is 0 Å². The molecule has 0 radical (unpaired) electrons. The quantitative estimate of drug-likeness (QED) is 0.465. The number of carbonyl (C=O) groups is 3. The van der Waals surface area contributed by atoms with Crippen LogP contribution >= 0.6 is 0 Å². The van der Waals surface area contributed by atoms with Gasteiger partial charge in [0.2, 0.25) is 5.91 Å². The number of rotatable bonds is 7. The highest BCUT2D eigenvalue weighted by atomic mass is 19.4. The minimum absolute atomic E-state index is 0.0424. The van der Waals surface area contributed by atoms with E-state index in [1.54, 1.807) is 42.5 Å². The van der Waals surface area contributed by atoms with Crippen molar-refractivity contribution in [2.24, 2.45) is 5.73 Å². The molecule has 35 heavy (non-hydrogen) atoms. The third-order valence-corrected chi connectivity index (χ3v) is 6.07. The van der Waals surface area contributed by atoms with Crippen molar-refractivity contribution in [3.8, 4) is 11.1 Å². The van der Waals surface area contributed by atoms with Crippen LogP contribution in [0.5, 0.6) is 0 Å². The number of hydrogen-bond acceptors (Lipinski definition) is 3. The van der Waals surface area contributed by atoms with Gasteiger partial charge in [-0.05, 0) is 41.0 Å². The Morgan fingerprint density at radius 1 is 1.11 bits per heavy atom. The molecule has 1 fully saturated rings. The summed E-state index contributed by atoms with van der Waals surface area (Å²) in [5, 5.41) is 0. The first-order valence-corrected chi connectivity index (χ1v) is 11.2. The number of primary amides is 1. The normalized spacial score (nSPS) is 16.9. The van der Waals surface area contributed by atoms with Gasteiger partial charge in [-0.25, -0.2) is 4.39 Å². The van der Waals surface area contributed by atoms with Crippen molar-refractivity contribution in [1.82, 2.24) is 9.80 Å². The first-order chi connectivity index (χ1) is 16.4. The van der Waals surface area contributed by atoms with Gasteiger partial charge in [-0.2, -0.15) is 13.2 Å². The Kier molecular flexibility index (Phi) is 7.82. The average molecular weight is 494 g/mol. The summed E-state index contributed by atoms with van der Waals surface area (Å²) in [6.07, 6.45) is -7.84. The Balaban J connectivity index is 2.03. The van der Waals surface area contributed by atoms with Crippen molar-refractivity contribution in [3.63, 3.8) is 0 Å². The molecule has 0 aromatic heterocycles. The molecule has 0 aliphatic carbocycles. The number of amides is 3. The molecule has 1 heterocycles. The second kappa shape index (κ2) is 10.5. The van der Waals surface area contributed by atoms with Crippen LogP contribution in [0.1, 0.15) is 43.7 Å². The van der Waals surface area contributed by atoms with Crippen LogP contribution < -0.4 is 5.73 Å². The topological polar surface area (TPSA) is 83.7 Å². The molecule has 1 saturated heterocycles. The van der Waals surface area contributed by atoms with Gasteiger partial charge >= 0.3 is 12.1 Å². The number of alkyl halides is 4. The summed E-state index contributed by atoms with van der Waals surface area (Å²) in [6, 6.07) is 12.7. The fraction of sp³-hybridized carbons (Fsp3) is 0.400. The first kappa shape index (κ1) is 26.2. The lowest BCUT2D eigenvalue weighted by Gasteiger charge is -2.31. The van der Waals surface area contributed by atoms with E-state index >= 15 is 4.39 Å². The van der Waals surface area contributed by atoms with Gasteiger partial charge in [0.1, 0.15) is 6.04 Å². The van der Waals surface area contributed by atoms with E-state index in [0.29, 0.717) is 17.5 Å². The molecule has 2 atom stereocenters. The van der Waals surface area contributed by atoms with Gasteiger partial charge in [0.15, 0.2) is 0 Å². The van der Waals surface area contributed by atoms with E-state index in [4.69, 9.17) is 5.73 Å². The number of hydrogen-bond donors (Lipinski definition) is 1. The van der Waals surface area contributed by atoms with Crippen LogP contribution in [-0.4, -0.2) is 52.6 Å². The summed E-state index contributed by atoms with van der Waals surface area (Å²) in [4.78, 5) is 37.4. The molecule has 6 nitrogen and oxygen atoms in total.